The average molecular weight is 557 g/mol. The normalized spacial score (nSPS) is 25.6. The molecular weight excluding hydrogens is 527 g/mol. The molecule has 0 bridgehead atoms. The van der Waals surface area contributed by atoms with Crippen molar-refractivity contribution in [3.8, 4) is 6.07 Å². The monoisotopic (exact) mass is 556 g/mol. The summed E-state index contributed by atoms with van der Waals surface area (Å²) in [6.45, 7) is 1.91. The van der Waals surface area contributed by atoms with Crippen molar-refractivity contribution >= 4 is 57.9 Å². The first kappa shape index (κ1) is 26.5. The van der Waals surface area contributed by atoms with Crippen LogP contribution in [0.2, 0.25) is 10.0 Å². The lowest BCUT2D eigenvalue weighted by Gasteiger charge is -2.35. The first-order chi connectivity index (χ1) is 18.2. The van der Waals surface area contributed by atoms with Crippen LogP contribution in [0.4, 0.5) is 17.6 Å². The second kappa shape index (κ2) is 10.6. The molecule has 0 spiro atoms. The van der Waals surface area contributed by atoms with E-state index in [9.17, 15) is 15.2 Å². The molecule has 2 saturated carbocycles. The van der Waals surface area contributed by atoms with Gasteiger partial charge in [-0.3, -0.25) is 9.36 Å². The van der Waals surface area contributed by atoms with Crippen molar-refractivity contribution in [1.29, 1.82) is 5.26 Å². The number of halogens is 2. The van der Waals surface area contributed by atoms with Gasteiger partial charge in [0, 0.05) is 17.5 Å². The Morgan fingerprint density at radius 1 is 1.21 bits per heavy atom. The zero-order chi connectivity index (χ0) is 27.0. The van der Waals surface area contributed by atoms with E-state index < -0.39 is 5.41 Å². The molecule has 0 saturated heterocycles. The van der Waals surface area contributed by atoms with Crippen molar-refractivity contribution < 1.29 is 9.90 Å². The number of carbonyl (C=O) groups is 1. The summed E-state index contributed by atoms with van der Waals surface area (Å²) in [5.41, 5.74) is 7.15. The van der Waals surface area contributed by atoms with Crippen LogP contribution in [-0.2, 0) is 4.79 Å². The number of amides is 1. The number of nitrogens with two attached hydrogens (primary N) is 1. The predicted molar refractivity (Wildman–Crippen MR) is 146 cm³/mol. The van der Waals surface area contributed by atoms with Crippen molar-refractivity contribution in [2.75, 3.05) is 10.6 Å². The van der Waals surface area contributed by atoms with Gasteiger partial charge in [0.25, 0.3) is 0 Å². The quantitative estimate of drug-likeness (QED) is 0.328. The van der Waals surface area contributed by atoms with E-state index in [2.05, 4.69) is 15.6 Å². The van der Waals surface area contributed by atoms with Gasteiger partial charge in [0.2, 0.25) is 17.8 Å². The van der Waals surface area contributed by atoms with Gasteiger partial charge in [-0.1, -0.05) is 30.1 Å². The van der Waals surface area contributed by atoms with Gasteiger partial charge >= 0.3 is 0 Å². The Balaban J connectivity index is 1.53. The molecule has 0 aliphatic heterocycles. The van der Waals surface area contributed by atoms with Gasteiger partial charge in [-0.05, 0) is 63.5 Å². The van der Waals surface area contributed by atoms with Crippen LogP contribution in [0.15, 0.2) is 18.3 Å². The van der Waals surface area contributed by atoms with Gasteiger partial charge in [-0.15, -0.1) is 0 Å². The minimum atomic E-state index is -0.552. The number of nitriles is 1. The van der Waals surface area contributed by atoms with Crippen molar-refractivity contribution in [3.63, 3.8) is 0 Å². The third kappa shape index (κ3) is 5.23. The molecule has 2 fully saturated rings. The SMILES string of the molecule is C[C@]1(C(N)=O)CC[C@H](n2c(Nc3c(Cl)cc(C#N)cc3Cl)nc3cnc(N[C@@H]4CCC[C@@H](O)C4)nc32)CC1. The molecule has 200 valence electrons. The summed E-state index contributed by atoms with van der Waals surface area (Å²) >= 11 is 12.9. The molecule has 2 aliphatic rings. The molecule has 3 aromatic rings. The van der Waals surface area contributed by atoms with E-state index in [-0.39, 0.29) is 24.1 Å². The number of aliphatic hydroxyl groups excluding tert-OH is 1. The van der Waals surface area contributed by atoms with Crippen molar-refractivity contribution in [1.82, 2.24) is 19.5 Å². The molecule has 2 heterocycles. The van der Waals surface area contributed by atoms with E-state index in [0.717, 1.165) is 19.3 Å². The van der Waals surface area contributed by atoms with E-state index in [1.807, 2.05) is 17.6 Å². The number of aromatic nitrogens is 4. The molecule has 0 unspecified atom stereocenters. The molecule has 2 aromatic heterocycles. The fourth-order valence-electron chi connectivity index (χ4n) is 5.49. The van der Waals surface area contributed by atoms with Gasteiger partial charge in [-0.25, -0.2) is 9.97 Å². The maximum atomic E-state index is 12.1. The molecule has 10 nitrogen and oxygen atoms in total. The Kier molecular flexibility index (Phi) is 7.36. The Morgan fingerprint density at radius 2 is 1.92 bits per heavy atom. The third-order valence-corrected chi connectivity index (χ3v) is 8.44. The molecule has 5 rings (SSSR count). The number of nitrogens with zero attached hydrogens (tertiary/aromatic N) is 5. The van der Waals surface area contributed by atoms with Crippen molar-refractivity contribution in [3.05, 3.63) is 33.9 Å². The van der Waals surface area contributed by atoms with Crippen LogP contribution < -0.4 is 16.4 Å². The maximum Gasteiger partial charge on any atom is 0.224 e. The molecule has 1 amide bonds. The summed E-state index contributed by atoms with van der Waals surface area (Å²) in [7, 11) is 0. The second-order valence-electron chi connectivity index (χ2n) is 10.6. The lowest BCUT2D eigenvalue weighted by Crippen LogP contribution is -2.38. The summed E-state index contributed by atoms with van der Waals surface area (Å²) in [5, 5.41) is 26.5. The van der Waals surface area contributed by atoms with E-state index in [0.29, 0.717) is 76.5 Å². The minimum Gasteiger partial charge on any atom is -0.393 e. The number of hydrogen-bond acceptors (Lipinski definition) is 8. The largest absolute Gasteiger partial charge is 0.393 e. The number of hydrogen-bond donors (Lipinski definition) is 4. The molecule has 0 radical (unpaired) electrons. The number of fused-ring (bicyclic) bond motifs is 1. The van der Waals surface area contributed by atoms with Crippen LogP contribution in [0.3, 0.4) is 0 Å². The highest BCUT2D eigenvalue weighted by Crippen LogP contribution is 2.43. The van der Waals surface area contributed by atoms with Crippen LogP contribution in [0.25, 0.3) is 11.2 Å². The van der Waals surface area contributed by atoms with E-state index in [1.165, 1.54) is 0 Å². The number of nitrogens with one attached hydrogen (secondary N) is 2. The van der Waals surface area contributed by atoms with E-state index in [1.54, 1.807) is 18.3 Å². The molecular formula is C26H30Cl2N8O2. The molecule has 38 heavy (non-hydrogen) atoms. The van der Waals surface area contributed by atoms with Crippen molar-refractivity contribution in [2.24, 2.45) is 11.1 Å². The Hall–Kier alpha value is -3.13. The number of carbonyl (C=O) groups excluding carboxylic acids is 1. The number of aliphatic hydroxyl groups is 1. The van der Waals surface area contributed by atoms with Crippen LogP contribution in [0.1, 0.15) is 69.9 Å². The minimum absolute atomic E-state index is 0.00916. The Bertz CT molecular complexity index is 1390. The van der Waals surface area contributed by atoms with E-state index >= 15 is 0 Å². The molecule has 2 aliphatic carbocycles. The highest BCUT2D eigenvalue weighted by Gasteiger charge is 2.38. The van der Waals surface area contributed by atoms with Gasteiger partial charge in [0.1, 0.15) is 5.52 Å². The molecule has 2 atom stereocenters. The molecule has 5 N–H and O–H groups in total. The fourth-order valence-corrected chi connectivity index (χ4v) is 6.07. The number of benzene rings is 1. The predicted octanol–water partition coefficient (Wildman–Crippen LogP) is 5.07. The Morgan fingerprint density at radius 3 is 2.55 bits per heavy atom. The fraction of sp³-hybridized carbons (Fsp3) is 0.500. The Labute approximate surface area is 230 Å². The van der Waals surface area contributed by atoms with Crippen LogP contribution in [0, 0.1) is 16.7 Å². The van der Waals surface area contributed by atoms with Gasteiger partial charge in [0.05, 0.1) is 39.7 Å². The van der Waals surface area contributed by atoms with Gasteiger partial charge in [-0.2, -0.15) is 10.2 Å². The maximum absolute atomic E-state index is 12.1. The average Bonchev–Trinajstić information content (AvgIpc) is 3.23. The topological polar surface area (TPSA) is 155 Å². The summed E-state index contributed by atoms with van der Waals surface area (Å²) < 4.78 is 2.02. The number of imidazole rings is 1. The summed E-state index contributed by atoms with van der Waals surface area (Å²) in [4.78, 5) is 26.1. The van der Waals surface area contributed by atoms with Crippen molar-refractivity contribution in [2.45, 2.75) is 76.5 Å². The lowest BCUT2D eigenvalue weighted by molar-refractivity contribution is -0.128. The smallest absolute Gasteiger partial charge is 0.224 e. The molecule has 1 aromatic carbocycles. The summed E-state index contributed by atoms with van der Waals surface area (Å²) in [5.74, 6) is 0.668. The lowest BCUT2D eigenvalue weighted by atomic mass is 9.73. The summed E-state index contributed by atoms with van der Waals surface area (Å²) in [6.07, 6.45) is 7.38. The third-order valence-electron chi connectivity index (χ3n) is 7.84. The van der Waals surface area contributed by atoms with Crippen LogP contribution >= 0.6 is 23.2 Å². The van der Waals surface area contributed by atoms with Crippen LogP contribution in [-0.4, -0.2) is 42.7 Å². The molecule has 12 heteroatoms. The number of anilines is 3. The zero-order valence-electron chi connectivity index (χ0n) is 21.0. The number of primary amides is 1. The highest BCUT2D eigenvalue weighted by atomic mass is 35.5. The van der Waals surface area contributed by atoms with E-state index in [4.69, 9.17) is 38.9 Å². The number of rotatable bonds is 6. The van der Waals surface area contributed by atoms with Gasteiger partial charge in [0.15, 0.2) is 5.65 Å². The highest BCUT2D eigenvalue weighted by molar-refractivity contribution is 6.39. The zero-order valence-corrected chi connectivity index (χ0v) is 22.6. The summed E-state index contributed by atoms with van der Waals surface area (Å²) in [6, 6.07) is 5.22. The van der Waals surface area contributed by atoms with Gasteiger partial charge < -0.3 is 21.5 Å². The second-order valence-corrected chi connectivity index (χ2v) is 11.4. The first-order valence-electron chi connectivity index (χ1n) is 12.8. The van der Waals surface area contributed by atoms with Crippen LogP contribution in [0.5, 0.6) is 0 Å². The standard InChI is InChI=1S/C26H30Cl2N8O2/c1-26(23(30)38)7-5-16(6-8-26)36-22-20(13-31-24(35-22)32-15-3-2-4-17(37)11-15)33-25(36)34-21-18(27)9-14(12-29)10-19(21)28/h9-10,13,15-17,37H,2-8,11H2,1H3,(H2,30,38)(H,33,34)(H,31,32,35)/t15-,16-,17-,26-/m1/s1. The first-order valence-corrected chi connectivity index (χ1v) is 13.6.